The van der Waals surface area contributed by atoms with Crippen molar-refractivity contribution in [3.05, 3.63) is 29.8 Å². The Morgan fingerprint density at radius 2 is 2.15 bits per heavy atom. The molecule has 1 unspecified atom stereocenters. The second-order valence-corrected chi connectivity index (χ2v) is 6.90. The molecule has 1 atom stereocenters. The molecule has 7 nitrogen and oxygen atoms in total. The van der Waals surface area contributed by atoms with Gasteiger partial charge in [-0.1, -0.05) is 19.1 Å². The molecule has 2 rings (SSSR count). The summed E-state index contributed by atoms with van der Waals surface area (Å²) in [5, 5.41) is 6.14. The summed E-state index contributed by atoms with van der Waals surface area (Å²) in [5.41, 5.74) is 7.31. The number of aryl methyl sites for hydroxylation is 1. The fraction of sp³-hybridized carbons (Fsp3) is 0.550. The maximum absolute atomic E-state index is 12.3. The average Bonchev–Trinajstić information content (AvgIpc) is 2.65. The molecular weight excluding hydrogens is 342 g/mol. The van der Waals surface area contributed by atoms with Crippen molar-refractivity contribution >= 4 is 23.5 Å². The Morgan fingerprint density at radius 1 is 1.33 bits per heavy atom. The highest BCUT2D eigenvalue weighted by atomic mass is 16.2. The van der Waals surface area contributed by atoms with Crippen LogP contribution in [0.25, 0.3) is 0 Å². The highest BCUT2D eigenvalue weighted by Gasteiger charge is 2.23. The largest absolute Gasteiger partial charge is 0.370 e. The number of rotatable bonds is 7. The number of amides is 2. The summed E-state index contributed by atoms with van der Waals surface area (Å²) in [6, 6.07) is 7.83. The second kappa shape index (κ2) is 10.5. The standard InChI is InChI=1S/C20H31N5O2/c1-3-15-7-5-9-17(11-15)24-19(27)13-23-20(22-4-2)25-10-6-8-16(14-25)12-18(21)26/h5,7,9,11,16H,3-4,6,8,10,12-14H2,1-2H3,(H2,21,26)(H,22,23)(H,24,27). The van der Waals surface area contributed by atoms with Gasteiger partial charge in [0.15, 0.2) is 5.96 Å². The molecule has 1 saturated heterocycles. The van der Waals surface area contributed by atoms with E-state index < -0.39 is 0 Å². The van der Waals surface area contributed by atoms with Crippen molar-refractivity contribution in [2.45, 2.75) is 39.5 Å². The Balaban J connectivity index is 1.97. The zero-order valence-electron chi connectivity index (χ0n) is 16.3. The average molecular weight is 374 g/mol. The van der Waals surface area contributed by atoms with Crippen LogP contribution in [0, 0.1) is 5.92 Å². The molecule has 1 fully saturated rings. The lowest BCUT2D eigenvalue weighted by atomic mass is 9.95. The van der Waals surface area contributed by atoms with Crippen LogP contribution < -0.4 is 16.4 Å². The Bertz CT molecular complexity index is 674. The first kappa shape index (κ1) is 20.7. The van der Waals surface area contributed by atoms with Gasteiger partial charge >= 0.3 is 0 Å². The molecule has 148 valence electrons. The number of hydrogen-bond acceptors (Lipinski definition) is 3. The van der Waals surface area contributed by atoms with Gasteiger partial charge in [0, 0.05) is 31.7 Å². The number of likely N-dealkylation sites (tertiary alicyclic amines) is 1. The Morgan fingerprint density at radius 3 is 2.85 bits per heavy atom. The van der Waals surface area contributed by atoms with Crippen molar-refractivity contribution in [1.82, 2.24) is 10.2 Å². The van der Waals surface area contributed by atoms with Crippen LogP contribution in [0.1, 0.15) is 38.7 Å². The third-order valence-electron chi connectivity index (χ3n) is 4.63. The van der Waals surface area contributed by atoms with Crippen molar-refractivity contribution < 1.29 is 9.59 Å². The Kier molecular flexibility index (Phi) is 8.10. The number of benzene rings is 1. The fourth-order valence-corrected chi connectivity index (χ4v) is 3.35. The van der Waals surface area contributed by atoms with Gasteiger partial charge in [0.05, 0.1) is 0 Å². The molecule has 0 aliphatic carbocycles. The maximum Gasteiger partial charge on any atom is 0.246 e. The summed E-state index contributed by atoms with van der Waals surface area (Å²) in [5.74, 6) is 0.539. The van der Waals surface area contributed by atoms with E-state index in [1.165, 1.54) is 5.56 Å². The van der Waals surface area contributed by atoms with Crippen molar-refractivity contribution in [2.24, 2.45) is 16.6 Å². The number of piperidine rings is 1. The van der Waals surface area contributed by atoms with Crippen LogP contribution in [0.2, 0.25) is 0 Å². The molecule has 1 aliphatic heterocycles. The number of carbonyl (C=O) groups is 2. The van der Waals surface area contributed by atoms with Gasteiger partial charge < -0.3 is 21.3 Å². The van der Waals surface area contributed by atoms with E-state index in [2.05, 4.69) is 27.4 Å². The zero-order chi connectivity index (χ0) is 19.6. The van der Waals surface area contributed by atoms with Gasteiger partial charge in [0.25, 0.3) is 0 Å². The van der Waals surface area contributed by atoms with Crippen LogP contribution in [0.3, 0.4) is 0 Å². The fourth-order valence-electron chi connectivity index (χ4n) is 3.35. The first-order valence-electron chi connectivity index (χ1n) is 9.72. The molecule has 4 N–H and O–H groups in total. The lowest BCUT2D eigenvalue weighted by molar-refractivity contribution is -0.119. The van der Waals surface area contributed by atoms with E-state index in [0.717, 1.165) is 44.6 Å². The molecule has 0 aromatic heterocycles. The van der Waals surface area contributed by atoms with E-state index in [1.807, 2.05) is 31.2 Å². The van der Waals surface area contributed by atoms with Gasteiger partial charge in [-0.3, -0.25) is 9.59 Å². The highest BCUT2D eigenvalue weighted by molar-refractivity contribution is 5.94. The van der Waals surface area contributed by atoms with E-state index in [-0.39, 0.29) is 24.3 Å². The van der Waals surface area contributed by atoms with E-state index in [0.29, 0.717) is 12.4 Å². The van der Waals surface area contributed by atoms with Gasteiger partial charge in [-0.15, -0.1) is 0 Å². The molecule has 1 aromatic rings. The number of primary amides is 1. The predicted molar refractivity (Wildman–Crippen MR) is 109 cm³/mol. The van der Waals surface area contributed by atoms with Gasteiger partial charge in [0.2, 0.25) is 11.8 Å². The minimum absolute atomic E-state index is 0.0513. The van der Waals surface area contributed by atoms with Gasteiger partial charge in [-0.2, -0.15) is 0 Å². The smallest absolute Gasteiger partial charge is 0.246 e. The molecule has 0 radical (unpaired) electrons. The van der Waals surface area contributed by atoms with Gasteiger partial charge in [-0.05, 0) is 49.8 Å². The first-order chi connectivity index (χ1) is 13.0. The molecule has 27 heavy (non-hydrogen) atoms. The number of hydrogen-bond donors (Lipinski definition) is 3. The monoisotopic (exact) mass is 373 g/mol. The second-order valence-electron chi connectivity index (χ2n) is 6.90. The third kappa shape index (κ3) is 6.92. The highest BCUT2D eigenvalue weighted by Crippen LogP contribution is 2.19. The van der Waals surface area contributed by atoms with Crippen molar-refractivity contribution in [3.8, 4) is 0 Å². The van der Waals surface area contributed by atoms with Crippen LogP contribution in [0.15, 0.2) is 29.3 Å². The molecule has 1 heterocycles. The molecule has 0 spiro atoms. The number of aliphatic imine (C=N–C) groups is 1. The lowest BCUT2D eigenvalue weighted by Gasteiger charge is -2.34. The van der Waals surface area contributed by atoms with E-state index in [9.17, 15) is 9.59 Å². The van der Waals surface area contributed by atoms with Crippen molar-refractivity contribution in [3.63, 3.8) is 0 Å². The molecule has 7 heteroatoms. The molecule has 0 bridgehead atoms. The number of anilines is 1. The summed E-state index contributed by atoms with van der Waals surface area (Å²) in [6.07, 6.45) is 3.30. The van der Waals surface area contributed by atoms with Crippen LogP contribution in [-0.2, 0) is 16.0 Å². The van der Waals surface area contributed by atoms with Crippen LogP contribution >= 0.6 is 0 Å². The summed E-state index contributed by atoms with van der Waals surface area (Å²) in [4.78, 5) is 30.1. The maximum atomic E-state index is 12.3. The third-order valence-corrected chi connectivity index (χ3v) is 4.63. The molecule has 0 saturated carbocycles. The zero-order valence-corrected chi connectivity index (χ0v) is 16.3. The summed E-state index contributed by atoms with van der Waals surface area (Å²) < 4.78 is 0. The van der Waals surface area contributed by atoms with Gasteiger partial charge in [0.1, 0.15) is 6.54 Å². The number of nitrogens with one attached hydrogen (secondary N) is 2. The summed E-state index contributed by atoms with van der Waals surface area (Å²) >= 11 is 0. The van der Waals surface area contributed by atoms with Crippen LogP contribution in [-0.4, -0.2) is 48.9 Å². The van der Waals surface area contributed by atoms with Crippen LogP contribution in [0.4, 0.5) is 5.69 Å². The van der Waals surface area contributed by atoms with E-state index in [4.69, 9.17) is 5.73 Å². The number of nitrogens with two attached hydrogens (primary N) is 1. The van der Waals surface area contributed by atoms with E-state index in [1.54, 1.807) is 0 Å². The van der Waals surface area contributed by atoms with Crippen LogP contribution in [0.5, 0.6) is 0 Å². The number of nitrogens with zero attached hydrogens (tertiary/aromatic N) is 2. The molecule has 1 aromatic carbocycles. The summed E-state index contributed by atoms with van der Waals surface area (Å²) in [7, 11) is 0. The molecule has 2 amide bonds. The van der Waals surface area contributed by atoms with Gasteiger partial charge in [-0.25, -0.2) is 4.99 Å². The van der Waals surface area contributed by atoms with Crippen molar-refractivity contribution in [1.29, 1.82) is 0 Å². The molecular formula is C20H31N5O2. The quantitative estimate of drug-likeness (QED) is 0.501. The predicted octanol–water partition coefficient (Wildman–Crippen LogP) is 1.74. The normalized spacial score (nSPS) is 17.5. The van der Waals surface area contributed by atoms with E-state index >= 15 is 0 Å². The molecule has 1 aliphatic rings. The van der Waals surface area contributed by atoms with Crippen molar-refractivity contribution in [2.75, 3.05) is 31.5 Å². The first-order valence-corrected chi connectivity index (χ1v) is 9.72. The lowest BCUT2D eigenvalue weighted by Crippen LogP contribution is -2.47. The minimum atomic E-state index is -0.266. The minimum Gasteiger partial charge on any atom is -0.370 e. The number of guanidine groups is 1. The summed E-state index contributed by atoms with van der Waals surface area (Å²) in [6.45, 7) is 6.44. The Labute approximate surface area is 161 Å². The Hall–Kier alpha value is -2.57. The topological polar surface area (TPSA) is 99.8 Å². The SMILES string of the molecule is CCNC(=NCC(=O)Nc1cccc(CC)c1)N1CCCC(CC(N)=O)C1. The number of carbonyl (C=O) groups excluding carboxylic acids is 2.